The summed E-state index contributed by atoms with van der Waals surface area (Å²) < 4.78 is 5.13. The number of esters is 1. The predicted octanol–water partition coefficient (Wildman–Crippen LogP) is 2.08. The average molecular weight is 298 g/mol. The van der Waals surface area contributed by atoms with Crippen molar-refractivity contribution in [2.24, 2.45) is 5.41 Å². The number of nitrogens with one attached hydrogen (secondary N) is 1. The molecule has 0 aromatic heterocycles. The van der Waals surface area contributed by atoms with Gasteiger partial charge < -0.3 is 10.1 Å². The lowest BCUT2D eigenvalue weighted by Gasteiger charge is -2.21. The molecule has 1 fully saturated rings. The molecule has 1 aliphatic rings. The van der Waals surface area contributed by atoms with Gasteiger partial charge in [0.15, 0.2) is 0 Å². The monoisotopic (exact) mass is 298 g/mol. The zero-order valence-electron chi connectivity index (χ0n) is 13.2. The first-order valence-corrected chi connectivity index (χ1v) is 7.64. The predicted molar refractivity (Wildman–Crippen MR) is 78.6 cm³/mol. The van der Waals surface area contributed by atoms with Gasteiger partial charge in [0.05, 0.1) is 12.0 Å². The number of ether oxygens (including phenoxy) is 1. The molecular formula is C15H26N2O4. The van der Waals surface area contributed by atoms with E-state index in [0.717, 1.165) is 19.3 Å². The molecule has 0 radical (unpaired) electrons. The van der Waals surface area contributed by atoms with Crippen molar-refractivity contribution in [3.63, 3.8) is 0 Å². The zero-order valence-corrected chi connectivity index (χ0v) is 13.2. The summed E-state index contributed by atoms with van der Waals surface area (Å²) in [7, 11) is 0. The van der Waals surface area contributed by atoms with Gasteiger partial charge in [-0.3, -0.25) is 14.5 Å². The van der Waals surface area contributed by atoms with Crippen molar-refractivity contribution in [1.82, 2.24) is 10.2 Å². The third-order valence-electron chi connectivity index (χ3n) is 3.87. The van der Waals surface area contributed by atoms with Crippen LogP contribution < -0.4 is 5.32 Å². The Hall–Kier alpha value is -1.59. The van der Waals surface area contributed by atoms with Gasteiger partial charge >= 0.3 is 12.0 Å². The van der Waals surface area contributed by atoms with Gasteiger partial charge in [-0.2, -0.15) is 0 Å². The summed E-state index contributed by atoms with van der Waals surface area (Å²) >= 11 is 0. The maximum atomic E-state index is 11.9. The van der Waals surface area contributed by atoms with Crippen molar-refractivity contribution in [1.29, 1.82) is 0 Å². The molecule has 0 spiro atoms. The second-order valence-electron chi connectivity index (χ2n) is 5.96. The van der Waals surface area contributed by atoms with Crippen molar-refractivity contribution in [3.05, 3.63) is 0 Å². The summed E-state index contributed by atoms with van der Waals surface area (Å²) in [5.41, 5.74) is -0.509. The molecular weight excluding hydrogens is 272 g/mol. The van der Waals surface area contributed by atoms with Gasteiger partial charge in [0.2, 0.25) is 5.91 Å². The highest BCUT2D eigenvalue weighted by atomic mass is 16.5. The molecule has 3 amide bonds. The van der Waals surface area contributed by atoms with E-state index in [4.69, 9.17) is 4.74 Å². The van der Waals surface area contributed by atoms with Crippen molar-refractivity contribution in [2.45, 2.75) is 52.9 Å². The summed E-state index contributed by atoms with van der Waals surface area (Å²) in [5.74, 6) is -0.404. The molecule has 0 bridgehead atoms. The molecule has 0 unspecified atom stereocenters. The highest BCUT2D eigenvalue weighted by Gasteiger charge is 2.27. The number of carbonyl (C=O) groups excluding carboxylic acids is 3. The third-order valence-corrected chi connectivity index (χ3v) is 3.87. The smallest absolute Gasteiger partial charge is 0.324 e. The maximum Gasteiger partial charge on any atom is 0.324 e. The first-order valence-electron chi connectivity index (χ1n) is 7.64. The first kappa shape index (κ1) is 17.5. The van der Waals surface area contributed by atoms with Crippen molar-refractivity contribution < 1.29 is 19.1 Å². The Balaban J connectivity index is 2.30. The fourth-order valence-electron chi connectivity index (χ4n) is 1.93. The summed E-state index contributed by atoms with van der Waals surface area (Å²) in [6.07, 6.45) is 3.78. The van der Waals surface area contributed by atoms with E-state index < -0.39 is 11.4 Å². The van der Waals surface area contributed by atoms with Crippen LogP contribution in [-0.4, -0.2) is 42.5 Å². The molecule has 1 N–H and O–H groups in total. The number of likely N-dealkylation sites (tertiary alicyclic amines) is 1. The van der Waals surface area contributed by atoms with Crippen LogP contribution >= 0.6 is 0 Å². The molecule has 0 saturated carbocycles. The minimum absolute atomic E-state index is 0.121. The Morgan fingerprint density at radius 3 is 2.67 bits per heavy atom. The largest absolute Gasteiger partial charge is 0.463 e. The Kier molecular flexibility index (Phi) is 6.65. The molecule has 0 atom stereocenters. The molecule has 1 heterocycles. The van der Waals surface area contributed by atoms with Crippen LogP contribution in [0.2, 0.25) is 0 Å². The molecule has 6 nitrogen and oxygen atoms in total. The zero-order chi connectivity index (χ0) is 15.9. The van der Waals surface area contributed by atoms with Gasteiger partial charge in [0, 0.05) is 13.0 Å². The molecule has 1 rings (SSSR count). The Labute approximate surface area is 126 Å². The van der Waals surface area contributed by atoms with Crippen LogP contribution in [0.15, 0.2) is 0 Å². The molecule has 6 heteroatoms. The van der Waals surface area contributed by atoms with Crippen LogP contribution in [0.5, 0.6) is 0 Å². The lowest BCUT2D eigenvalue weighted by Crippen LogP contribution is -2.44. The SMILES string of the molecule is CCC(C)(C)C(=O)OCCNC(=O)N1CCCCCC1=O. The number of rotatable bonds is 5. The van der Waals surface area contributed by atoms with E-state index in [1.54, 1.807) is 0 Å². The molecule has 1 saturated heterocycles. The van der Waals surface area contributed by atoms with Crippen LogP contribution in [0, 0.1) is 5.41 Å². The van der Waals surface area contributed by atoms with Gasteiger partial charge in [0.1, 0.15) is 6.61 Å². The number of hydrogen-bond acceptors (Lipinski definition) is 4. The normalized spacial score (nSPS) is 16.3. The number of hydrogen-bond donors (Lipinski definition) is 1. The Morgan fingerprint density at radius 1 is 1.29 bits per heavy atom. The summed E-state index contributed by atoms with van der Waals surface area (Å²) in [6, 6.07) is -0.396. The van der Waals surface area contributed by atoms with E-state index in [-0.39, 0.29) is 25.0 Å². The lowest BCUT2D eigenvalue weighted by molar-refractivity contribution is -0.153. The molecule has 21 heavy (non-hydrogen) atoms. The molecule has 0 aromatic rings. The summed E-state index contributed by atoms with van der Waals surface area (Å²) in [6.45, 7) is 6.37. The second-order valence-corrected chi connectivity index (χ2v) is 5.96. The summed E-state index contributed by atoms with van der Waals surface area (Å²) in [4.78, 5) is 36.7. The summed E-state index contributed by atoms with van der Waals surface area (Å²) in [5, 5.41) is 2.62. The Morgan fingerprint density at radius 2 is 2.00 bits per heavy atom. The molecule has 0 aliphatic carbocycles. The van der Waals surface area contributed by atoms with E-state index in [1.807, 2.05) is 20.8 Å². The van der Waals surface area contributed by atoms with Crippen LogP contribution in [0.4, 0.5) is 4.79 Å². The van der Waals surface area contributed by atoms with E-state index in [0.29, 0.717) is 19.4 Å². The number of nitrogens with zero attached hydrogens (tertiary/aromatic N) is 1. The highest BCUT2D eigenvalue weighted by molar-refractivity contribution is 5.94. The van der Waals surface area contributed by atoms with Crippen molar-refractivity contribution in [2.75, 3.05) is 19.7 Å². The van der Waals surface area contributed by atoms with Crippen molar-refractivity contribution >= 4 is 17.9 Å². The number of urea groups is 1. The topological polar surface area (TPSA) is 75.7 Å². The van der Waals surface area contributed by atoms with Crippen molar-refractivity contribution in [3.8, 4) is 0 Å². The minimum atomic E-state index is -0.509. The standard InChI is InChI=1S/C15H26N2O4/c1-4-15(2,3)13(19)21-11-9-16-14(20)17-10-7-5-6-8-12(17)18/h4-11H2,1-3H3,(H,16,20). The number of carbonyl (C=O) groups is 3. The van der Waals surface area contributed by atoms with Crippen LogP contribution in [0.25, 0.3) is 0 Å². The van der Waals surface area contributed by atoms with Crippen LogP contribution in [0.3, 0.4) is 0 Å². The second kappa shape index (κ2) is 8.00. The molecule has 1 aliphatic heterocycles. The van der Waals surface area contributed by atoms with Gasteiger partial charge in [0.25, 0.3) is 0 Å². The van der Waals surface area contributed by atoms with E-state index in [2.05, 4.69) is 5.32 Å². The van der Waals surface area contributed by atoms with Gasteiger partial charge in [-0.25, -0.2) is 4.79 Å². The van der Waals surface area contributed by atoms with Gasteiger partial charge in [-0.1, -0.05) is 13.3 Å². The first-order chi connectivity index (χ1) is 9.88. The fraction of sp³-hybridized carbons (Fsp3) is 0.800. The maximum absolute atomic E-state index is 11.9. The van der Waals surface area contributed by atoms with Gasteiger partial charge in [-0.05, 0) is 33.1 Å². The van der Waals surface area contributed by atoms with E-state index >= 15 is 0 Å². The highest BCUT2D eigenvalue weighted by Crippen LogP contribution is 2.21. The van der Waals surface area contributed by atoms with Crippen LogP contribution in [-0.2, 0) is 14.3 Å². The average Bonchev–Trinajstić information content (AvgIpc) is 2.67. The quantitative estimate of drug-likeness (QED) is 0.623. The van der Waals surface area contributed by atoms with Crippen LogP contribution in [0.1, 0.15) is 52.9 Å². The third kappa shape index (κ3) is 5.36. The van der Waals surface area contributed by atoms with E-state index in [9.17, 15) is 14.4 Å². The van der Waals surface area contributed by atoms with Gasteiger partial charge in [-0.15, -0.1) is 0 Å². The lowest BCUT2D eigenvalue weighted by atomic mass is 9.91. The number of imide groups is 1. The number of amides is 3. The molecule has 0 aromatic carbocycles. The fourth-order valence-corrected chi connectivity index (χ4v) is 1.93. The van der Waals surface area contributed by atoms with E-state index in [1.165, 1.54) is 4.90 Å². The minimum Gasteiger partial charge on any atom is -0.463 e. The Bertz CT molecular complexity index is 393. The molecule has 120 valence electrons.